The highest BCUT2D eigenvalue weighted by Crippen LogP contribution is 2.38. The summed E-state index contributed by atoms with van der Waals surface area (Å²) < 4.78 is 5.60. The number of carbonyl (C=O) groups excluding carboxylic acids is 1. The molecule has 2 aliphatic heterocycles. The van der Waals surface area contributed by atoms with E-state index in [-0.39, 0.29) is 5.41 Å². The number of likely N-dealkylation sites (N-methyl/N-ethyl adjacent to an activating group) is 1. The molecule has 2 aliphatic rings. The zero-order valence-corrected chi connectivity index (χ0v) is 14.4. The van der Waals surface area contributed by atoms with Crippen LogP contribution in [0.4, 0.5) is 5.69 Å². The second-order valence-corrected chi connectivity index (χ2v) is 7.04. The number of anilines is 1. The molecule has 1 spiro atoms. The van der Waals surface area contributed by atoms with Crippen LogP contribution in [0.5, 0.6) is 0 Å². The lowest BCUT2D eigenvalue weighted by atomic mass is 9.79. The van der Waals surface area contributed by atoms with Crippen molar-refractivity contribution in [2.75, 3.05) is 44.3 Å². The molecular weight excluding hydrogens is 288 g/mol. The molecule has 0 bridgehead atoms. The Morgan fingerprint density at radius 1 is 1.35 bits per heavy atom. The van der Waals surface area contributed by atoms with E-state index < -0.39 is 0 Å². The highest BCUT2D eigenvalue weighted by Gasteiger charge is 2.41. The number of aryl methyl sites for hydroxylation is 1. The van der Waals surface area contributed by atoms with Gasteiger partial charge in [0.1, 0.15) is 0 Å². The van der Waals surface area contributed by atoms with Crippen molar-refractivity contribution in [3.05, 3.63) is 29.8 Å². The third kappa shape index (κ3) is 3.69. The van der Waals surface area contributed by atoms with Crippen LogP contribution < -0.4 is 4.90 Å². The van der Waals surface area contributed by atoms with E-state index in [1.807, 2.05) is 0 Å². The van der Waals surface area contributed by atoms with Crippen LogP contribution in [0.15, 0.2) is 24.3 Å². The number of piperidine rings is 1. The van der Waals surface area contributed by atoms with Gasteiger partial charge in [-0.1, -0.05) is 12.1 Å². The first-order chi connectivity index (χ1) is 11.1. The molecule has 4 nitrogen and oxygen atoms in total. The third-order valence-corrected chi connectivity index (χ3v) is 5.32. The van der Waals surface area contributed by atoms with E-state index in [0.717, 1.165) is 52.2 Å². The van der Waals surface area contributed by atoms with Crippen molar-refractivity contribution >= 4 is 11.6 Å². The molecule has 4 heteroatoms. The number of hydrogen-bond donors (Lipinski definition) is 0. The Balaban J connectivity index is 1.62. The van der Waals surface area contributed by atoms with Crippen LogP contribution in [0.2, 0.25) is 0 Å². The maximum absolute atomic E-state index is 12.3. The Kier molecular flexibility index (Phi) is 4.90. The largest absolute Gasteiger partial charge is 0.381 e. The summed E-state index contributed by atoms with van der Waals surface area (Å²) in [7, 11) is 0. The predicted octanol–water partition coefficient (Wildman–Crippen LogP) is 2.85. The number of nitrogens with zero attached hydrogens (tertiary/aromatic N) is 2. The summed E-state index contributed by atoms with van der Waals surface area (Å²) in [5.74, 6) is 0.308. The average molecular weight is 316 g/mol. The van der Waals surface area contributed by atoms with Crippen molar-refractivity contribution in [2.45, 2.75) is 33.1 Å². The first-order valence-electron chi connectivity index (χ1n) is 8.79. The second-order valence-electron chi connectivity index (χ2n) is 7.04. The molecule has 3 rings (SSSR count). The fourth-order valence-corrected chi connectivity index (χ4v) is 3.81. The molecule has 1 unspecified atom stereocenters. The van der Waals surface area contributed by atoms with Crippen molar-refractivity contribution in [2.24, 2.45) is 5.41 Å². The van der Waals surface area contributed by atoms with Crippen molar-refractivity contribution in [3.8, 4) is 0 Å². The van der Waals surface area contributed by atoms with E-state index in [1.54, 1.807) is 0 Å². The molecule has 0 radical (unpaired) electrons. The fourth-order valence-electron chi connectivity index (χ4n) is 3.81. The van der Waals surface area contributed by atoms with Crippen LogP contribution in [0.1, 0.15) is 31.7 Å². The number of hydrogen-bond acceptors (Lipinski definition) is 3. The van der Waals surface area contributed by atoms with E-state index >= 15 is 0 Å². The molecule has 1 amide bonds. The molecule has 0 N–H and O–H groups in total. The lowest BCUT2D eigenvalue weighted by Crippen LogP contribution is -2.49. The number of benzene rings is 1. The van der Waals surface area contributed by atoms with Crippen LogP contribution in [-0.4, -0.2) is 50.2 Å². The Labute approximate surface area is 139 Å². The smallest absolute Gasteiger partial charge is 0.222 e. The van der Waals surface area contributed by atoms with Gasteiger partial charge in [0.15, 0.2) is 0 Å². The van der Waals surface area contributed by atoms with Crippen molar-refractivity contribution in [3.63, 3.8) is 0 Å². The Hall–Kier alpha value is -1.55. The molecule has 0 saturated carbocycles. The van der Waals surface area contributed by atoms with E-state index in [4.69, 9.17) is 4.74 Å². The first-order valence-corrected chi connectivity index (χ1v) is 8.79. The van der Waals surface area contributed by atoms with Crippen LogP contribution in [0.3, 0.4) is 0 Å². The highest BCUT2D eigenvalue weighted by atomic mass is 16.5. The van der Waals surface area contributed by atoms with E-state index in [9.17, 15) is 4.79 Å². The zero-order valence-electron chi connectivity index (χ0n) is 14.4. The van der Waals surface area contributed by atoms with Gasteiger partial charge in [0.25, 0.3) is 0 Å². The molecule has 1 aromatic carbocycles. The molecule has 0 aromatic heterocycles. The molecule has 2 heterocycles. The van der Waals surface area contributed by atoms with Gasteiger partial charge in [0, 0.05) is 50.3 Å². The second kappa shape index (κ2) is 6.91. The number of carbonyl (C=O) groups is 1. The van der Waals surface area contributed by atoms with Gasteiger partial charge in [-0.25, -0.2) is 0 Å². The van der Waals surface area contributed by atoms with Crippen LogP contribution in [-0.2, 0) is 9.53 Å². The SMILES string of the molecule is CCN(CCN1CC2(CCOC2)CCC1=O)c1cccc(C)c1. The summed E-state index contributed by atoms with van der Waals surface area (Å²) in [6.45, 7) is 9.50. The van der Waals surface area contributed by atoms with E-state index in [0.29, 0.717) is 12.3 Å². The summed E-state index contributed by atoms with van der Waals surface area (Å²) in [6.07, 6.45) is 2.78. The molecular formula is C19H28N2O2. The van der Waals surface area contributed by atoms with Crippen LogP contribution >= 0.6 is 0 Å². The third-order valence-electron chi connectivity index (χ3n) is 5.32. The summed E-state index contributed by atoms with van der Waals surface area (Å²) >= 11 is 0. The van der Waals surface area contributed by atoms with Crippen LogP contribution in [0.25, 0.3) is 0 Å². The number of likely N-dealkylation sites (tertiary alicyclic amines) is 1. The fraction of sp³-hybridized carbons (Fsp3) is 0.632. The normalized spacial score (nSPS) is 24.4. The van der Waals surface area contributed by atoms with Gasteiger partial charge in [-0.15, -0.1) is 0 Å². The Morgan fingerprint density at radius 3 is 2.91 bits per heavy atom. The minimum atomic E-state index is 0.230. The van der Waals surface area contributed by atoms with Crippen LogP contribution in [0, 0.1) is 12.3 Å². The molecule has 1 atom stereocenters. The lowest BCUT2D eigenvalue weighted by molar-refractivity contribution is -0.137. The van der Waals surface area contributed by atoms with Gasteiger partial charge in [0.05, 0.1) is 6.61 Å². The quantitative estimate of drug-likeness (QED) is 0.837. The van der Waals surface area contributed by atoms with Gasteiger partial charge in [-0.05, 0) is 44.4 Å². The van der Waals surface area contributed by atoms with Gasteiger partial charge >= 0.3 is 0 Å². The maximum Gasteiger partial charge on any atom is 0.222 e. The van der Waals surface area contributed by atoms with E-state index in [1.165, 1.54) is 11.3 Å². The first kappa shape index (κ1) is 16.3. The van der Waals surface area contributed by atoms with Crippen molar-refractivity contribution in [1.82, 2.24) is 4.90 Å². The molecule has 1 aromatic rings. The van der Waals surface area contributed by atoms with Gasteiger partial charge in [-0.2, -0.15) is 0 Å². The molecule has 2 fully saturated rings. The number of ether oxygens (including phenoxy) is 1. The standard InChI is InChI=1S/C19H28N2O2/c1-3-20(17-6-4-5-16(2)13-17)10-11-21-14-19(8-7-18(21)22)9-12-23-15-19/h4-6,13H,3,7-12,14-15H2,1-2H3. The Bertz CT molecular complexity index is 552. The summed E-state index contributed by atoms with van der Waals surface area (Å²) in [6, 6.07) is 8.59. The van der Waals surface area contributed by atoms with Crippen molar-refractivity contribution < 1.29 is 9.53 Å². The highest BCUT2D eigenvalue weighted by molar-refractivity contribution is 5.77. The predicted molar refractivity (Wildman–Crippen MR) is 92.7 cm³/mol. The molecule has 126 valence electrons. The summed E-state index contributed by atoms with van der Waals surface area (Å²) in [4.78, 5) is 16.7. The van der Waals surface area contributed by atoms with Gasteiger partial charge in [0.2, 0.25) is 5.91 Å². The molecule has 23 heavy (non-hydrogen) atoms. The van der Waals surface area contributed by atoms with E-state index in [2.05, 4.69) is 47.9 Å². The minimum absolute atomic E-state index is 0.230. The number of rotatable bonds is 5. The van der Waals surface area contributed by atoms with Gasteiger partial charge < -0.3 is 14.5 Å². The number of amides is 1. The monoisotopic (exact) mass is 316 g/mol. The molecule has 2 saturated heterocycles. The molecule has 0 aliphatic carbocycles. The summed E-state index contributed by atoms with van der Waals surface area (Å²) in [5, 5.41) is 0. The zero-order chi connectivity index (χ0) is 16.3. The lowest BCUT2D eigenvalue weighted by Gasteiger charge is -2.40. The average Bonchev–Trinajstić information content (AvgIpc) is 3.00. The maximum atomic E-state index is 12.3. The van der Waals surface area contributed by atoms with Gasteiger partial charge in [-0.3, -0.25) is 4.79 Å². The minimum Gasteiger partial charge on any atom is -0.381 e. The van der Waals surface area contributed by atoms with Crippen molar-refractivity contribution in [1.29, 1.82) is 0 Å². The Morgan fingerprint density at radius 2 is 2.22 bits per heavy atom. The topological polar surface area (TPSA) is 32.8 Å². The summed E-state index contributed by atoms with van der Waals surface area (Å²) in [5.41, 5.74) is 2.75.